The molecule has 0 unspecified atom stereocenters. The fourth-order valence-electron chi connectivity index (χ4n) is 3.62. The molecule has 0 radical (unpaired) electrons. The topological polar surface area (TPSA) is 118 Å². The van der Waals surface area contributed by atoms with Crippen LogP contribution in [0.25, 0.3) is 11.1 Å². The SMILES string of the molecule is C[C@@H](NC(=O)c1cnc(CNC(=O)OCC2c3ccccc3-c3ccccc32)s1)C(=O)O. The van der Waals surface area contributed by atoms with Gasteiger partial charge < -0.3 is 20.5 Å². The van der Waals surface area contributed by atoms with Crippen molar-refractivity contribution in [3.63, 3.8) is 0 Å². The van der Waals surface area contributed by atoms with Gasteiger partial charge >= 0.3 is 12.1 Å². The standard InChI is InChI=1S/C23H21N3O5S/c1-13(22(28)29)26-21(27)19-10-24-20(32-19)11-25-23(30)31-12-18-16-8-4-2-6-14(16)15-7-3-5-9-17(15)18/h2-10,13,18H,11-12H2,1H3,(H,25,30)(H,26,27)(H,28,29)/t13-/m1/s1. The molecule has 2 amide bonds. The molecule has 3 aromatic rings. The second kappa shape index (κ2) is 9.19. The van der Waals surface area contributed by atoms with Crippen LogP contribution in [0.3, 0.4) is 0 Å². The molecule has 1 aliphatic carbocycles. The maximum atomic E-state index is 12.3. The fourth-order valence-corrected chi connectivity index (χ4v) is 4.38. The molecule has 2 aromatic carbocycles. The maximum Gasteiger partial charge on any atom is 0.407 e. The molecule has 1 aliphatic rings. The summed E-state index contributed by atoms with van der Waals surface area (Å²) in [6, 6.07) is 15.2. The minimum Gasteiger partial charge on any atom is -0.480 e. The Morgan fingerprint density at radius 3 is 2.34 bits per heavy atom. The number of benzene rings is 2. The number of fused-ring (bicyclic) bond motifs is 3. The van der Waals surface area contributed by atoms with E-state index in [1.165, 1.54) is 13.1 Å². The minimum absolute atomic E-state index is 0.0282. The van der Waals surface area contributed by atoms with Crippen LogP contribution in [0.2, 0.25) is 0 Å². The molecular formula is C23H21N3O5S. The van der Waals surface area contributed by atoms with Crippen molar-refractivity contribution in [1.82, 2.24) is 15.6 Å². The van der Waals surface area contributed by atoms with Crippen molar-refractivity contribution in [2.24, 2.45) is 0 Å². The van der Waals surface area contributed by atoms with Crippen molar-refractivity contribution in [2.45, 2.75) is 25.4 Å². The van der Waals surface area contributed by atoms with Crippen LogP contribution in [0, 0.1) is 0 Å². The second-order valence-electron chi connectivity index (χ2n) is 7.33. The van der Waals surface area contributed by atoms with Crippen LogP contribution in [-0.4, -0.2) is 40.7 Å². The first-order valence-electron chi connectivity index (χ1n) is 10.0. The van der Waals surface area contributed by atoms with Gasteiger partial charge in [0.15, 0.2) is 0 Å². The third-order valence-electron chi connectivity index (χ3n) is 5.22. The van der Waals surface area contributed by atoms with E-state index >= 15 is 0 Å². The Morgan fingerprint density at radius 1 is 1.09 bits per heavy atom. The largest absolute Gasteiger partial charge is 0.480 e. The number of alkyl carbamates (subject to hydrolysis) is 1. The zero-order valence-corrected chi connectivity index (χ0v) is 18.0. The highest BCUT2D eigenvalue weighted by molar-refractivity contribution is 7.13. The predicted molar refractivity (Wildman–Crippen MR) is 119 cm³/mol. The first kappa shape index (κ1) is 21.5. The molecule has 32 heavy (non-hydrogen) atoms. The second-order valence-corrected chi connectivity index (χ2v) is 8.45. The molecule has 0 fully saturated rings. The minimum atomic E-state index is -1.12. The molecule has 164 valence electrons. The van der Waals surface area contributed by atoms with E-state index < -0.39 is 24.0 Å². The average Bonchev–Trinajstić information content (AvgIpc) is 3.39. The zero-order valence-electron chi connectivity index (χ0n) is 17.2. The molecule has 1 heterocycles. The van der Waals surface area contributed by atoms with Gasteiger partial charge in [-0.2, -0.15) is 0 Å². The number of thiazole rings is 1. The molecule has 1 atom stereocenters. The Hall–Kier alpha value is -3.72. The number of hydrogen-bond donors (Lipinski definition) is 3. The van der Waals surface area contributed by atoms with E-state index in [0.29, 0.717) is 5.01 Å². The molecule has 9 heteroatoms. The lowest BCUT2D eigenvalue weighted by Crippen LogP contribution is -2.37. The molecular weight excluding hydrogens is 430 g/mol. The number of carbonyl (C=O) groups excluding carboxylic acids is 2. The Balaban J connectivity index is 1.32. The lowest BCUT2D eigenvalue weighted by Gasteiger charge is -2.14. The Labute approximate surface area is 188 Å². The van der Waals surface area contributed by atoms with Crippen molar-refractivity contribution in [2.75, 3.05) is 6.61 Å². The Bertz CT molecular complexity index is 1130. The van der Waals surface area contributed by atoms with Gasteiger partial charge in [-0.1, -0.05) is 48.5 Å². The lowest BCUT2D eigenvalue weighted by atomic mass is 9.98. The van der Waals surface area contributed by atoms with Crippen molar-refractivity contribution in [1.29, 1.82) is 0 Å². The van der Waals surface area contributed by atoms with Gasteiger partial charge in [-0.25, -0.2) is 9.78 Å². The first-order chi connectivity index (χ1) is 15.4. The summed E-state index contributed by atoms with van der Waals surface area (Å²) >= 11 is 1.08. The fraction of sp³-hybridized carbons (Fsp3) is 0.217. The number of amides is 2. The smallest absolute Gasteiger partial charge is 0.407 e. The first-order valence-corrected chi connectivity index (χ1v) is 10.8. The number of carbonyl (C=O) groups is 3. The highest BCUT2D eigenvalue weighted by atomic mass is 32.1. The number of nitrogens with zero attached hydrogens (tertiary/aromatic N) is 1. The van der Waals surface area contributed by atoms with Crippen molar-refractivity contribution < 1.29 is 24.2 Å². The molecule has 0 spiro atoms. The van der Waals surface area contributed by atoms with E-state index in [1.54, 1.807) is 0 Å². The van der Waals surface area contributed by atoms with E-state index in [1.807, 2.05) is 24.3 Å². The number of aliphatic carboxylic acids is 1. The van der Waals surface area contributed by atoms with Gasteiger partial charge in [0.1, 0.15) is 22.5 Å². The van der Waals surface area contributed by atoms with E-state index in [4.69, 9.17) is 9.84 Å². The van der Waals surface area contributed by atoms with Crippen LogP contribution >= 0.6 is 11.3 Å². The molecule has 0 saturated heterocycles. The third-order valence-corrected chi connectivity index (χ3v) is 6.22. The highest BCUT2D eigenvalue weighted by Gasteiger charge is 2.29. The molecule has 0 saturated carbocycles. The maximum absolute atomic E-state index is 12.3. The number of rotatable bonds is 7. The van der Waals surface area contributed by atoms with Crippen LogP contribution in [0.5, 0.6) is 0 Å². The van der Waals surface area contributed by atoms with E-state index in [0.717, 1.165) is 33.6 Å². The number of nitrogens with one attached hydrogen (secondary N) is 2. The van der Waals surface area contributed by atoms with Gasteiger partial charge in [-0.15, -0.1) is 11.3 Å². The summed E-state index contributed by atoms with van der Waals surface area (Å²) in [7, 11) is 0. The number of aromatic nitrogens is 1. The van der Waals surface area contributed by atoms with Crippen LogP contribution in [0.15, 0.2) is 54.7 Å². The summed E-state index contributed by atoms with van der Waals surface area (Å²) in [6.45, 7) is 1.68. The number of carboxylic acids is 1. The van der Waals surface area contributed by atoms with E-state index in [2.05, 4.69) is 39.9 Å². The summed E-state index contributed by atoms with van der Waals surface area (Å²) in [5.74, 6) is -1.68. The van der Waals surface area contributed by atoms with Crippen LogP contribution in [0.4, 0.5) is 4.79 Å². The molecule has 1 aromatic heterocycles. The van der Waals surface area contributed by atoms with E-state index in [9.17, 15) is 14.4 Å². The summed E-state index contributed by atoms with van der Waals surface area (Å²) in [4.78, 5) is 39.5. The zero-order chi connectivity index (χ0) is 22.7. The summed E-state index contributed by atoms with van der Waals surface area (Å²) < 4.78 is 5.48. The van der Waals surface area contributed by atoms with Crippen LogP contribution in [0.1, 0.15) is 38.6 Å². The normalized spacial score (nSPS) is 13.0. The van der Waals surface area contributed by atoms with Crippen molar-refractivity contribution >= 4 is 29.3 Å². The quantitative estimate of drug-likeness (QED) is 0.507. The summed E-state index contributed by atoms with van der Waals surface area (Å²) in [6.07, 6.45) is 0.774. The van der Waals surface area contributed by atoms with Gasteiger partial charge in [-0.05, 0) is 29.2 Å². The van der Waals surface area contributed by atoms with Gasteiger partial charge in [-0.3, -0.25) is 9.59 Å². The number of hydrogen-bond acceptors (Lipinski definition) is 6. The summed E-state index contributed by atoms with van der Waals surface area (Å²) in [5.41, 5.74) is 4.58. The molecule has 8 nitrogen and oxygen atoms in total. The predicted octanol–water partition coefficient (Wildman–Crippen LogP) is 3.38. The van der Waals surface area contributed by atoms with Crippen LogP contribution < -0.4 is 10.6 Å². The van der Waals surface area contributed by atoms with Gasteiger partial charge in [0.05, 0.1) is 12.7 Å². The highest BCUT2D eigenvalue weighted by Crippen LogP contribution is 2.44. The van der Waals surface area contributed by atoms with Gasteiger partial charge in [0, 0.05) is 5.92 Å². The molecule has 3 N–H and O–H groups in total. The van der Waals surface area contributed by atoms with Gasteiger partial charge in [0.2, 0.25) is 0 Å². The Morgan fingerprint density at radius 2 is 1.72 bits per heavy atom. The van der Waals surface area contributed by atoms with Crippen molar-refractivity contribution in [3.05, 3.63) is 75.7 Å². The summed E-state index contributed by atoms with van der Waals surface area (Å²) in [5, 5.41) is 14.4. The number of ether oxygens (including phenoxy) is 1. The number of carboxylic acid groups (broad SMARTS) is 1. The van der Waals surface area contributed by atoms with Crippen LogP contribution in [-0.2, 0) is 16.1 Å². The Kier molecular flexibility index (Phi) is 6.18. The third kappa shape index (κ3) is 4.47. The lowest BCUT2D eigenvalue weighted by molar-refractivity contribution is -0.138. The molecule has 0 bridgehead atoms. The van der Waals surface area contributed by atoms with Crippen molar-refractivity contribution in [3.8, 4) is 11.1 Å². The monoisotopic (exact) mass is 451 g/mol. The molecule has 0 aliphatic heterocycles. The molecule has 4 rings (SSSR count). The average molecular weight is 452 g/mol. The van der Waals surface area contributed by atoms with Gasteiger partial charge in [0.25, 0.3) is 5.91 Å². The van der Waals surface area contributed by atoms with E-state index in [-0.39, 0.29) is 23.9 Å².